The second kappa shape index (κ2) is 6.29. The molecule has 0 heterocycles. The smallest absolute Gasteiger partial charge is 0.256 e. The van der Waals surface area contributed by atoms with Crippen LogP contribution >= 0.6 is 11.6 Å². The van der Waals surface area contributed by atoms with Crippen LogP contribution in [0.1, 0.15) is 44.5 Å². The lowest BCUT2D eigenvalue weighted by molar-refractivity contribution is 0.0621. The third-order valence-electron chi connectivity index (χ3n) is 3.66. The minimum absolute atomic E-state index is 0.00898. The number of anilines is 1. The highest BCUT2D eigenvalue weighted by molar-refractivity contribution is 6.31. The highest BCUT2D eigenvalue weighted by Crippen LogP contribution is 2.25. The van der Waals surface area contributed by atoms with Gasteiger partial charge in [-0.15, -0.1) is 0 Å². The number of rotatable bonds is 5. The largest absolute Gasteiger partial charge is 0.385 e. The predicted molar refractivity (Wildman–Crippen MR) is 82.1 cm³/mol. The number of nitrogens with zero attached hydrogens (tertiary/aromatic N) is 1. The quantitative estimate of drug-likeness (QED) is 0.884. The second-order valence-electron chi connectivity index (χ2n) is 5.25. The van der Waals surface area contributed by atoms with E-state index >= 15 is 0 Å². The van der Waals surface area contributed by atoms with Crippen LogP contribution < -0.4 is 5.32 Å². The van der Waals surface area contributed by atoms with Crippen LogP contribution in [0.5, 0.6) is 0 Å². The third kappa shape index (κ3) is 3.63. The minimum Gasteiger partial charge on any atom is -0.385 e. The Hall–Kier alpha value is -1.22. The standard InChI is InChI=1S/C15H23ClN2O/c1-6-15(3,4)18(5)14(19)12-10-11(16)8-9-13(12)17-7-2/h8-10,17H,6-7H2,1-5H3. The number of halogens is 1. The van der Waals surface area contributed by atoms with Crippen LogP contribution in [-0.4, -0.2) is 29.9 Å². The van der Waals surface area contributed by atoms with Crippen molar-refractivity contribution in [1.29, 1.82) is 0 Å². The number of hydrogen-bond donors (Lipinski definition) is 1. The van der Waals surface area contributed by atoms with Gasteiger partial charge in [0.2, 0.25) is 0 Å². The fraction of sp³-hybridized carbons (Fsp3) is 0.533. The van der Waals surface area contributed by atoms with Crippen molar-refractivity contribution in [2.75, 3.05) is 18.9 Å². The predicted octanol–water partition coefficient (Wildman–Crippen LogP) is 4.03. The third-order valence-corrected chi connectivity index (χ3v) is 3.89. The zero-order chi connectivity index (χ0) is 14.6. The van der Waals surface area contributed by atoms with E-state index in [4.69, 9.17) is 11.6 Å². The average molecular weight is 283 g/mol. The van der Waals surface area contributed by atoms with E-state index in [-0.39, 0.29) is 11.4 Å². The highest BCUT2D eigenvalue weighted by Gasteiger charge is 2.27. The topological polar surface area (TPSA) is 32.3 Å². The van der Waals surface area contributed by atoms with Crippen LogP contribution in [0, 0.1) is 0 Å². The maximum atomic E-state index is 12.6. The number of nitrogens with one attached hydrogen (secondary N) is 1. The van der Waals surface area contributed by atoms with Gasteiger partial charge in [-0.05, 0) is 45.4 Å². The summed E-state index contributed by atoms with van der Waals surface area (Å²) in [6.45, 7) is 8.96. The lowest BCUT2D eigenvalue weighted by atomic mass is 9.98. The Morgan fingerprint density at radius 3 is 2.53 bits per heavy atom. The average Bonchev–Trinajstić information content (AvgIpc) is 2.39. The molecule has 106 valence electrons. The molecule has 0 saturated carbocycles. The molecule has 0 aliphatic heterocycles. The Bertz CT molecular complexity index is 457. The Morgan fingerprint density at radius 1 is 1.37 bits per heavy atom. The first-order valence-electron chi connectivity index (χ1n) is 6.65. The zero-order valence-electron chi connectivity index (χ0n) is 12.4. The van der Waals surface area contributed by atoms with E-state index in [2.05, 4.69) is 26.1 Å². The Kier molecular flexibility index (Phi) is 5.24. The van der Waals surface area contributed by atoms with E-state index in [0.29, 0.717) is 10.6 Å². The highest BCUT2D eigenvalue weighted by atomic mass is 35.5. The van der Waals surface area contributed by atoms with Gasteiger partial charge in [0.15, 0.2) is 0 Å². The van der Waals surface area contributed by atoms with Crippen molar-refractivity contribution in [2.24, 2.45) is 0 Å². The maximum Gasteiger partial charge on any atom is 0.256 e. The number of hydrogen-bond acceptors (Lipinski definition) is 2. The monoisotopic (exact) mass is 282 g/mol. The van der Waals surface area contributed by atoms with Gasteiger partial charge in [0.1, 0.15) is 0 Å². The lowest BCUT2D eigenvalue weighted by Crippen LogP contribution is -2.44. The van der Waals surface area contributed by atoms with E-state index in [1.165, 1.54) is 0 Å². The number of carbonyl (C=O) groups excluding carboxylic acids is 1. The first-order chi connectivity index (χ1) is 8.83. The number of carbonyl (C=O) groups is 1. The van der Waals surface area contributed by atoms with Gasteiger partial charge in [0, 0.05) is 29.8 Å². The summed E-state index contributed by atoms with van der Waals surface area (Å²) < 4.78 is 0. The molecule has 0 unspecified atom stereocenters. The number of benzene rings is 1. The van der Waals surface area contributed by atoms with Crippen LogP contribution in [0.2, 0.25) is 5.02 Å². The molecule has 1 rings (SSSR count). The Labute approximate surface area is 120 Å². The Balaban J connectivity index is 3.14. The molecule has 0 aliphatic rings. The van der Waals surface area contributed by atoms with E-state index in [1.54, 1.807) is 17.0 Å². The molecule has 0 bridgehead atoms. The van der Waals surface area contributed by atoms with Crippen LogP contribution in [0.3, 0.4) is 0 Å². The molecular weight excluding hydrogens is 260 g/mol. The molecule has 19 heavy (non-hydrogen) atoms. The summed E-state index contributed by atoms with van der Waals surface area (Å²) in [4.78, 5) is 14.4. The van der Waals surface area contributed by atoms with Crippen LogP contribution in [0.15, 0.2) is 18.2 Å². The molecule has 0 fully saturated rings. The summed E-state index contributed by atoms with van der Waals surface area (Å²) in [5.41, 5.74) is 1.28. The molecule has 1 aromatic carbocycles. The zero-order valence-corrected chi connectivity index (χ0v) is 13.1. The first kappa shape index (κ1) is 15.8. The van der Waals surface area contributed by atoms with Gasteiger partial charge < -0.3 is 10.2 Å². The molecule has 0 atom stereocenters. The number of amides is 1. The van der Waals surface area contributed by atoms with Gasteiger partial charge in [0.05, 0.1) is 5.56 Å². The molecule has 0 spiro atoms. The fourth-order valence-electron chi connectivity index (χ4n) is 1.73. The van der Waals surface area contributed by atoms with Gasteiger partial charge >= 0.3 is 0 Å². The van der Waals surface area contributed by atoms with Crippen LogP contribution in [0.4, 0.5) is 5.69 Å². The normalized spacial score (nSPS) is 11.3. The van der Waals surface area contributed by atoms with Crippen LogP contribution in [0.25, 0.3) is 0 Å². The Morgan fingerprint density at radius 2 is 2.00 bits per heavy atom. The van der Waals surface area contributed by atoms with Crippen molar-refractivity contribution in [1.82, 2.24) is 4.90 Å². The second-order valence-corrected chi connectivity index (χ2v) is 5.69. The molecule has 1 N–H and O–H groups in total. The van der Waals surface area contributed by atoms with E-state index in [0.717, 1.165) is 18.7 Å². The van der Waals surface area contributed by atoms with Gasteiger partial charge in [-0.3, -0.25) is 4.79 Å². The first-order valence-corrected chi connectivity index (χ1v) is 7.02. The van der Waals surface area contributed by atoms with E-state index in [1.807, 2.05) is 20.0 Å². The molecule has 4 heteroatoms. The summed E-state index contributed by atoms with van der Waals surface area (Å²) in [6.07, 6.45) is 0.895. The fourth-order valence-corrected chi connectivity index (χ4v) is 1.90. The molecule has 1 amide bonds. The molecule has 1 aromatic rings. The van der Waals surface area contributed by atoms with Gasteiger partial charge in [-0.25, -0.2) is 0 Å². The summed E-state index contributed by atoms with van der Waals surface area (Å²) in [6, 6.07) is 5.37. The lowest BCUT2D eigenvalue weighted by Gasteiger charge is -2.35. The van der Waals surface area contributed by atoms with Gasteiger partial charge in [-0.2, -0.15) is 0 Å². The van der Waals surface area contributed by atoms with Crippen molar-refractivity contribution >= 4 is 23.2 Å². The minimum atomic E-state index is -0.178. The molecule has 0 aromatic heterocycles. The van der Waals surface area contributed by atoms with Crippen molar-refractivity contribution in [3.8, 4) is 0 Å². The summed E-state index contributed by atoms with van der Waals surface area (Å²) in [5, 5.41) is 3.78. The van der Waals surface area contributed by atoms with Crippen molar-refractivity contribution in [2.45, 2.75) is 39.7 Å². The van der Waals surface area contributed by atoms with Crippen LogP contribution in [-0.2, 0) is 0 Å². The van der Waals surface area contributed by atoms with E-state index < -0.39 is 0 Å². The molecule has 0 saturated heterocycles. The maximum absolute atomic E-state index is 12.6. The van der Waals surface area contributed by atoms with Crippen molar-refractivity contribution in [3.05, 3.63) is 28.8 Å². The SMILES string of the molecule is CCNc1ccc(Cl)cc1C(=O)N(C)C(C)(C)CC. The summed E-state index contributed by atoms with van der Waals surface area (Å²) >= 11 is 6.02. The van der Waals surface area contributed by atoms with Crippen molar-refractivity contribution in [3.63, 3.8) is 0 Å². The molecular formula is C15H23ClN2O. The van der Waals surface area contributed by atoms with Gasteiger partial charge in [-0.1, -0.05) is 18.5 Å². The molecule has 0 radical (unpaired) electrons. The summed E-state index contributed by atoms with van der Waals surface area (Å²) in [5.74, 6) is -0.00898. The molecule has 3 nitrogen and oxygen atoms in total. The van der Waals surface area contributed by atoms with Gasteiger partial charge in [0.25, 0.3) is 5.91 Å². The van der Waals surface area contributed by atoms with E-state index in [9.17, 15) is 4.79 Å². The summed E-state index contributed by atoms with van der Waals surface area (Å²) in [7, 11) is 1.84. The van der Waals surface area contributed by atoms with Crippen molar-refractivity contribution < 1.29 is 4.79 Å². The molecule has 0 aliphatic carbocycles.